The van der Waals surface area contributed by atoms with Crippen molar-refractivity contribution in [2.24, 2.45) is 0 Å². The summed E-state index contributed by atoms with van der Waals surface area (Å²) in [7, 11) is 1.25. The molecule has 0 radical (unpaired) electrons. The molecule has 7 heteroatoms. The highest BCUT2D eigenvalue weighted by Crippen LogP contribution is 2.18. The van der Waals surface area contributed by atoms with Crippen LogP contribution in [0.3, 0.4) is 0 Å². The van der Waals surface area contributed by atoms with Crippen LogP contribution in [0.1, 0.15) is 15.9 Å². The Morgan fingerprint density at radius 3 is 2.68 bits per heavy atom. The van der Waals surface area contributed by atoms with Gasteiger partial charge in [0.2, 0.25) is 6.10 Å². The van der Waals surface area contributed by atoms with Crippen LogP contribution in [0.5, 0.6) is 0 Å². The van der Waals surface area contributed by atoms with E-state index < -0.39 is 18.0 Å². The Labute approximate surface area is 148 Å². The number of methoxy groups -OCH3 is 1. The van der Waals surface area contributed by atoms with Crippen molar-refractivity contribution >= 4 is 34.6 Å². The molecule has 2 aromatic heterocycles. The molecule has 1 aromatic carbocycles. The maximum absolute atomic E-state index is 12.5. The zero-order chi connectivity index (χ0) is 17.8. The van der Waals surface area contributed by atoms with Crippen molar-refractivity contribution < 1.29 is 19.1 Å². The first kappa shape index (κ1) is 17.0. The van der Waals surface area contributed by atoms with Crippen molar-refractivity contribution in [1.29, 1.82) is 0 Å². The first-order chi connectivity index (χ1) is 12.1. The highest BCUT2D eigenvalue weighted by molar-refractivity contribution is 6.30. The Morgan fingerprint density at radius 2 is 1.96 bits per heavy atom. The molecule has 0 aliphatic carbocycles. The average molecular weight is 359 g/mol. The number of fused-ring (bicyclic) bond motifs is 1. The molecule has 0 aliphatic heterocycles. The van der Waals surface area contributed by atoms with Crippen LogP contribution < -0.4 is 0 Å². The molecule has 0 saturated heterocycles. The van der Waals surface area contributed by atoms with Gasteiger partial charge >= 0.3 is 11.9 Å². The lowest BCUT2D eigenvalue weighted by Crippen LogP contribution is -2.30. The Kier molecular flexibility index (Phi) is 5.00. The van der Waals surface area contributed by atoms with Crippen molar-refractivity contribution in [2.75, 3.05) is 7.11 Å². The zero-order valence-electron chi connectivity index (χ0n) is 13.4. The van der Waals surface area contributed by atoms with Gasteiger partial charge in [0.1, 0.15) is 5.65 Å². The number of hydrogen-bond donors (Lipinski definition) is 1. The number of benzene rings is 1. The zero-order valence-corrected chi connectivity index (χ0v) is 14.1. The number of carbonyl (C=O) groups excluding carboxylic acids is 2. The van der Waals surface area contributed by atoms with E-state index in [0.717, 1.165) is 5.56 Å². The maximum Gasteiger partial charge on any atom is 0.347 e. The average Bonchev–Trinajstić information content (AvgIpc) is 3.10. The monoisotopic (exact) mass is 358 g/mol. The summed E-state index contributed by atoms with van der Waals surface area (Å²) in [4.78, 5) is 31.6. The van der Waals surface area contributed by atoms with Gasteiger partial charge in [0.15, 0.2) is 0 Å². The smallest absolute Gasteiger partial charge is 0.347 e. The van der Waals surface area contributed by atoms with Crippen molar-refractivity contribution in [3.63, 3.8) is 0 Å². The Morgan fingerprint density at radius 1 is 1.20 bits per heavy atom. The first-order valence-electron chi connectivity index (χ1n) is 7.54. The van der Waals surface area contributed by atoms with Crippen molar-refractivity contribution in [3.8, 4) is 0 Å². The summed E-state index contributed by atoms with van der Waals surface area (Å²) in [6.45, 7) is 0. The second kappa shape index (κ2) is 7.36. The normalized spacial score (nSPS) is 11.9. The van der Waals surface area contributed by atoms with E-state index >= 15 is 0 Å². The molecule has 3 rings (SSSR count). The summed E-state index contributed by atoms with van der Waals surface area (Å²) in [6.07, 6.45) is 2.32. The molecule has 0 amide bonds. The molecule has 1 N–H and O–H groups in total. The maximum atomic E-state index is 12.5. The molecule has 2 heterocycles. The second-order valence-corrected chi connectivity index (χ2v) is 5.78. The Hall–Kier alpha value is -2.86. The molecular weight excluding hydrogens is 344 g/mol. The van der Waals surface area contributed by atoms with E-state index in [-0.39, 0.29) is 6.42 Å². The van der Waals surface area contributed by atoms with E-state index in [1.165, 1.54) is 13.3 Å². The van der Waals surface area contributed by atoms with Crippen LogP contribution in [0.2, 0.25) is 5.02 Å². The van der Waals surface area contributed by atoms with Crippen LogP contribution >= 0.6 is 11.6 Å². The third-order valence-electron chi connectivity index (χ3n) is 3.73. The van der Waals surface area contributed by atoms with Gasteiger partial charge in [-0.2, -0.15) is 0 Å². The molecule has 25 heavy (non-hydrogen) atoms. The van der Waals surface area contributed by atoms with E-state index in [2.05, 4.69) is 9.97 Å². The number of rotatable bonds is 5. The number of nitrogens with zero attached hydrogens (tertiary/aromatic N) is 1. The quantitative estimate of drug-likeness (QED) is 0.708. The minimum absolute atomic E-state index is 0.191. The fraction of sp³-hybridized carbons (Fsp3) is 0.167. The van der Waals surface area contributed by atoms with Crippen molar-refractivity contribution in [3.05, 3.63) is 64.9 Å². The minimum atomic E-state index is -1.05. The predicted octanol–water partition coefficient (Wildman–Crippen LogP) is 3.16. The second-order valence-electron chi connectivity index (χ2n) is 5.35. The largest absolute Gasteiger partial charge is 0.466 e. The molecule has 0 aliphatic rings. The summed E-state index contributed by atoms with van der Waals surface area (Å²) in [5.74, 6) is -1.24. The van der Waals surface area contributed by atoms with Crippen LogP contribution in [-0.2, 0) is 20.7 Å². The summed E-state index contributed by atoms with van der Waals surface area (Å²) in [6, 6.07) is 10.2. The van der Waals surface area contributed by atoms with Gasteiger partial charge in [-0.25, -0.2) is 14.6 Å². The number of H-pyrrole nitrogens is 1. The Bertz CT molecular complexity index is 905. The van der Waals surface area contributed by atoms with Crippen LogP contribution in [0, 0.1) is 0 Å². The number of esters is 2. The number of nitrogens with one attached hydrogen (secondary N) is 1. The first-order valence-corrected chi connectivity index (χ1v) is 7.91. The third kappa shape index (κ3) is 3.80. The van der Waals surface area contributed by atoms with Crippen molar-refractivity contribution in [2.45, 2.75) is 12.5 Å². The fourth-order valence-corrected chi connectivity index (χ4v) is 2.60. The van der Waals surface area contributed by atoms with Crippen LogP contribution in [0.4, 0.5) is 0 Å². The highest BCUT2D eigenvalue weighted by atomic mass is 35.5. The summed E-state index contributed by atoms with van der Waals surface area (Å²) in [5, 5.41) is 1.21. The number of hydrogen-bond acceptors (Lipinski definition) is 5. The molecule has 0 saturated carbocycles. The van der Waals surface area contributed by atoms with Gasteiger partial charge < -0.3 is 14.5 Å². The number of ether oxygens (including phenoxy) is 2. The van der Waals surface area contributed by atoms with Gasteiger partial charge in [-0.05, 0) is 29.8 Å². The molecule has 1 atom stereocenters. The van der Waals surface area contributed by atoms with E-state index in [0.29, 0.717) is 21.6 Å². The summed E-state index contributed by atoms with van der Waals surface area (Å²) in [5.41, 5.74) is 1.70. The van der Waals surface area contributed by atoms with Gasteiger partial charge in [-0.3, -0.25) is 0 Å². The highest BCUT2D eigenvalue weighted by Gasteiger charge is 2.26. The van der Waals surface area contributed by atoms with Gasteiger partial charge in [0.05, 0.1) is 12.7 Å². The number of aromatic nitrogens is 2. The molecule has 0 fully saturated rings. The number of aromatic amines is 1. The van der Waals surface area contributed by atoms with Crippen LogP contribution in [-0.4, -0.2) is 35.1 Å². The Balaban J connectivity index is 1.82. The van der Waals surface area contributed by atoms with E-state index in [9.17, 15) is 9.59 Å². The lowest BCUT2D eigenvalue weighted by Gasteiger charge is -2.16. The van der Waals surface area contributed by atoms with Crippen LogP contribution in [0.25, 0.3) is 11.0 Å². The number of carbonyl (C=O) groups is 2. The lowest BCUT2D eigenvalue weighted by molar-refractivity contribution is -0.150. The minimum Gasteiger partial charge on any atom is -0.466 e. The predicted molar refractivity (Wildman–Crippen MR) is 92.5 cm³/mol. The molecule has 0 bridgehead atoms. The van der Waals surface area contributed by atoms with E-state index in [1.807, 2.05) is 0 Å². The molecule has 0 spiro atoms. The third-order valence-corrected chi connectivity index (χ3v) is 3.98. The summed E-state index contributed by atoms with van der Waals surface area (Å²) < 4.78 is 10.2. The van der Waals surface area contributed by atoms with Gasteiger partial charge in [-0.15, -0.1) is 0 Å². The molecule has 3 aromatic rings. The molecule has 6 nitrogen and oxygen atoms in total. The van der Waals surface area contributed by atoms with E-state index in [1.54, 1.807) is 42.6 Å². The fourth-order valence-electron chi connectivity index (χ4n) is 2.47. The molecule has 128 valence electrons. The SMILES string of the molecule is COC(=O)C(Cc1ccc(Cl)cc1)OC(=O)c1ccnc2[nH]ccc12. The molecular formula is C18H15ClN2O4. The van der Waals surface area contributed by atoms with Gasteiger partial charge in [-0.1, -0.05) is 23.7 Å². The van der Waals surface area contributed by atoms with E-state index in [4.69, 9.17) is 21.1 Å². The number of halogens is 1. The molecule has 1 unspecified atom stereocenters. The van der Waals surface area contributed by atoms with Gasteiger partial charge in [0.25, 0.3) is 0 Å². The standard InChI is InChI=1S/C18H15ClN2O4/c1-24-18(23)15(10-11-2-4-12(19)5-3-11)25-17(22)14-7-9-21-16-13(14)6-8-20-16/h2-9,15H,10H2,1H3,(H,20,21). The van der Waals surface area contributed by atoms with Crippen LogP contribution in [0.15, 0.2) is 48.8 Å². The topological polar surface area (TPSA) is 81.3 Å². The summed E-state index contributed by atoms with van der Waals surface area (Å²) >= 11 is 5.86. The lowest BCUT2D eigenvalue weighted by atomic mass is 10.1. The number of pyridine rings is 1. The van der Waals surface area contributed by atoms with Gasteiger partial charge in [0, 0.05) is 29.2 Å². The van der Waals surface area contributed by atoms with Crippen molar-refractivity contribution in [1.82, 2.24) is 9.97 Å².